The molecule has 3 aromatic rings. The number of hydrogen-bond acceptors (Lipinski definition) is 4. The Balaban J connectivity index is 1.60. The lowest BCUT2D eigenvalue weighted by atomic mass is 10.3. The molecule has 0 spiro atoms. The summed E-state index contributed by atoms with van der Waals surface area (Å²) in [6.45, 7) is 0. The maximum Gasteiger partial charge on any atom is 0.338 e. The topological polar surface area (TPSA) is 108 Å². The molecule has 2 aromatic heterocycles. The van der Waals surface area contributed by atoms with Crippen LogP contribution in [0, 0.1) is 0 Å². The minimum atomic E-state index is -0.654. The van der Waals surface area contributed by atoms with Crippen LogP contribution in [0.15, 0.2) is 41.0 Å². The lowest BCUT2D eigenvalue weighted by molar-refractivity contribution is 0.0933. The average molecular weight is 349 g/mol. The fourth-order valence-electron chi connectivity index (χ4n) is 2.08. The normalized spacial score (nSPS) is 10.4. The van der Waals surface area contributed by atoms with Crippen molar-refractivity contribution in [3.05, 3.63) is 47.3 Å². The minimum absolute atomic E-state index is 0.255. The molecule has 0 bridgehead atoms. The largest absolute Gasteiger partial charge is 0.495 e. The molecule has 0 aliphatic rings. The Kier molecular flexibility index (Phi) is 4.30. The zero-order valence-electron chi connectivity index (χ0n) is 12.5. The molecule has 0 saturated heterocycles. The van der Waals surface area contributed by atoms with Crippen molar-refractivity contribution in [1.82, 2.24) is 15.8 Å². The number of hydrogen-bond donors (Lipinski definition) is 4. The number of ether oxygens (including phenoxy) is 1. The number of aromatic nitrogens is 1. The third-order valence-corrected chi connectivity index (χ3v) is 3.42. The molecular weight excluding hydrogens is 336 g/mol. The molecule has 1 aromatic carbocycles. The van der Waals surface area contributed by atoms with Crippen LogP contribution < -0.4 is 20.9 Å². The molecular formula is C15H13ClN4O4. The smallest absolute Gasteiger partial charge is 0.338 e. The van der Waals surface area contributed by atoms with E-state index in [0.29, 0.717) is 27.6 Å². The van der Waals surface area contributed by atoms with Crippen molar-refractivity contribution in [3.63, 3.8) is 0 Å². The van der Waals surface area contributed by atoms with Crippen LogP contribution in [-0.4, -0.2) is 24.0 Å². The number of rotatable bonds is 3. The number of anilines is 1. The highest BCUT2D eigenvalue weighted by atomic mass is 35.5. The van der Waals surface area contributed by atoms with Gasteiger partial charge >= 0.3 is 6.03 Å². The molecule has 0 aliphatic heterocycles. The third-order valence-electron chi connectivity index (χ3n) is 3.18. The first-order valence-electron chi connectivity index (χ1n) is 6.84. The summed E-state index contributed by atoms with van der Waals surface area (Å²) in [5.74, 6) is -0.0831. The number of hydrazine groups is 1. The van der Waals surface area contributed by atoms with E-state index in [1.165, 1.54) is 25.5 Å². The summed E-state index contributed by atoms with van der Waals surface area (Å²) >= 11 is 5.88. The number of carbonyl (C=O) groups excluding carboxylic acids is 2. The van der Waals surface area contributed by atoms with Crippen molar-refractivity contribution >= 4 is 40.3 Å². The number of aromatic amines is 1. The van der Waals surface area contributed by atoms with Gasteiger partial charge in [0.2, 0.25) is 0 Å². The molecule has 0 saturated carbocycles. The van der Waals surface area contributed by atoms with Gasteiger partial charge in [-0.15, -0.1) is 0 Å². The highest BCUT2D eigenvalue weighted by Crippen LogP contribution is 2.27. The molecule has 9 heteroatoms. The van der Waals surface area contributed by atoms with E-state index in [4.69, 9.17) is 20.8 Å². The number of H-pyrrole nitrogens is 1. The number of furan rings is 1. The van der Waals surface area contributed by atoms with Gasteiger partial charge in [0.1, 0.15) is 11.4 Å². The molecule has 0 aliphatic carbocycles. The van der Waals surface area contributed by atoms with Crippen molar-refractivity contribution in [1.29, 1.82) is 0 Å². The molecule has 3 rings (SSSR count). The maximum absolute atomic E-state index is 12.0. The van der Waals surface area contributed by atoms with Crippen molar-refractivity contribution < 1.29 is 18.7 Å². The lowest BCUT2D eigenvalue weighted by Crippen LogP contribution is -2.44. The predicted molar refractivity (Wildman–Crippen MR) is 88.2 cm³/mol. The van der Waals surface area contributed by atoms with Gasteiger partial charge in [-0.2, -0.15) is 0 Å². The van der Waals surface area contributed by atoms with Gasteiger partial charge in [0, 0.05) is 17.2 Å². The number of carbonyl (C=O) groups is 2. The van der Waals surface area contributed by atoms with Crippen molar-refractivity contribution in [2.75, 3.05) is 12.4 Å². The van der Waals surface area contributed by atoms with Crippen LogP contribution in [0.2, 0.25) is 5.02 Å². The number of fused-ring (bicyclic) bond motifs is 1. The van der Waals surface area contributed by atoms with Gasteiger partial charge in [0.05, 0.1) is 24.6 Å². The molecule has 8 nitrogen and oxygen atoms in total. The molecule has 0 radical (unpaired) electrons. The fraction of sp³-hybridized carbons (Fsp3) is 0.0667. The van der Waals surface area contributed by atoms with Crippen molar-refractivity contribution in [2.45, 2.75) is 0 Å². The summed E-state index contributed by atoms with van der Waals surface area (Å²) in [6, 6.07) is 7.35. The maximum atomic E-state index is 12.0. The first-order chi connectivity index (χ1) is 11.6. The Labute approximate surface area is 141 Å². The van der Waals surface area contributed by atoms with Crippen LogP contribution in [0.5, 0.6) is 5.75 Å². The van der Waals surface area contributed by atoms with E-state index in [9.17, 15) is 9.59 Å². The van der Waals surface area contributed by atoms with Gasteiger partial charge < -0.3 is 19.5 Å². The SMILES string of the molecule is COc1ccc(Cl)cc1NC(=O)NNC(=O)c1cc2occc2[nH]1. The molecule has 0 unspecified atom stereocenters. The zero-order chi connectivity index (χ0) is 17.1. The van der Waals surface area contributed by atoms with E-state index in [0.717, 1.165) is 0 Å². The van der Waals surface area contributed by atoms with Crippen LogP contribution in [0.3, 0.4) is 0 Å². The Bertz CT molecular complexity index is 873. The molecule has 4 N–H and O–H groups in total. The first-order valence-corrected chi connectivity index (χ1v) is 7.21. The quantitative estimate of drug-likeness (QED) is 0.546. The standard InChI is InChI=1S/C15H13ClN4O4/c1-23-12-3-2-8(16)6-10(12)18-15(22)20-19-14(21)11-7-13-9(17-11)4-5-24-13/h2-7,17H,1H3,(H,19,21)(H2,18,20,22). The van der Waals surface area contributed by atoms with Crippen LogP contribution in [0.4, 0.5) is 10.5 Å². The summed E-state index contributed by atoms with van der Waals surface area (Å²) in [4.78, 5) is 26.7. The van der Waals surface area contributed by atoms with Crippen LogP contribution >= 0.6 is 11.6 Å². The van der Waals surface area contributed by atoms with Gasteiger partial charge in [-0.3, -0.25) is 10.2 Å². The summed E-state index contributed by atoms with van der Waals surface area (Å²) < 4.78 is 10.3. The second-order valence-corrected chi connectivity index (χ2v) is 5.20. The number of methoxy groups -OCH3 is 1. The van der Waals surface area contributed by atoms with Crippen LogP contribution in [0.1, 0.15) is 10.5 Å². The highest BCUT2D eigenvalue weighted by molar-refractivity contribution is 6.31. The van der Waals surface area contributed by atoms with Gasteiger partial charge in [0.25, 0.3) is 5.91 Å². The minimum Gasteiger partial charge on any atom is -0.495 e. The summed E-state index contributed by atoms with van der Waals surface area (Å²) in [5, 5.41) is 2.96. The number of amides is 3. The monoisotopic (exact) mass is 348 g/mol. The summed E-state index contributed by atoms with van der Waals surface area (Å²) in [7, 11) is 1.47. The van der Waals surface area contributed by atoms with Gasteiger partial charge in [-0.25, -0.2) is 10.2 Å². The van der Waals surface area contributed by atoms with Crippen molar-refractivity contribution in [2.24, 2.45) is 0 Å². The molecule has 24 heavy (non-hydrogen) atoms. The van der Waals surface area contributed by atoms with E-state index in [-0.39, 0.29) is 5.69 Å². The third kappa shape index (κ3) is 3.28. The Morgan fingerprint density at radius 2 is 2.04 bits per heavy atom. The van der Waals surface area contributed by atoms with E-state index in [2.05, 4.69) is 21.2 Å². The second-order valence-electron chi connectivity index (χ2n) is 4.76. The Hall–Kier alpha value is -3.13. The number of halogens is 1. The summed E-state index contributed by atoms with van der Waals surface area (Å²) in [5.41, 5.74) is 6.37. The molecule has 0 fully saturated rings. The van der Waals surface area contributed by atoms with E-state index in [1.807, 2.05) is 0 Å². The van der Waals surface area contributed by atoms with Crippen molar-refractivity contribution in [3.8, 4) is 5.75 Å². The molecule has 124 valence electrons. The Morgan fingerprint density at radius 3 is 2.79 bits per heavy atom. The van der Waals surface area contributed by atoms with E-state index in [1.54, 1.807) is 18.2 Å². The van der Waals surface area contributed by atoms with Gasteiger partial charge in [-0.1, -0.05) is 11.6 Å². The average Bonchev–Trinajstić information content (AvgIpc) is 3.14. The van der Waals surface area contributed by atoms with E-state index >= 15 is 0 Å². The molecule has 3 amide bonds. The van der Waals surface area contributed by atoms with Crippen LogP contribution in [0.25, 0.3) is 11.1 Å². The van der Waals surface area contributed by atoms with Crippen LogP contribution in [-0.2, 0) is 0 Å². The summed E-state index contributed by atoms with van der Waals surface area (Å²) in [6.07, 6.45) is 1.51. The number of urea groups is 1. The number of nitrogens with one attached hydrogen (secondary N) is 4. The lowest BCUT2D eigenvalue weighted by Gasteiger charge is -2.11. The zero-order valence-corrected chi connectivity index (χ0v) is 13.2. The molecule has 2 heterocycles. The van der Waals surface area contributed by atoms with Gasteiger partial charge in [0.15, 0.2) is 5.58 Å². The van der Waals surface area contributed by atoms with Gasteiger partial charge in [-0.05, 0) is 18.2 Å². The number of benzene rings is 1. The van der Waals surface area contributed by atoms with E-state index < -0.39 is 11.9 Å². The molecule has 0 atom stereocenters. The Morgan fingerprint density at radius 1 is 1.21 bits per heavy atom. The second kappa shape index (κ2) is 6.55. The fourth-order valence-corrected chi connectivity index (χ4v) is 2.26. The first kappa shape index (κ1) is 15.8. The highest BCUT2D eigenvalue weighted by Gasteiger charge is 2.13. The predicted octanol–water partition coefficient (Wildman–Crippen LogP) is 2.89.